The molecule has 0 radical (unpaired) electrons. The first-order chi connectivity index (χ1) is 10.6. The van der Waals surface area contributed by atoms with Gasteiger partial charge in [0.15, 0.2) is 0 Å². The molecule has 0 amide bonds. The molecule has 2 fully saturated rings. The molecule has 1 aliphatic heterocycles. The molecule has 3 heteroatoms. The minimum atomic E-state index is -0.621. The Morgan fingerprint density at radius 3 is 2.64 bits per heavy atom. The lowest BCUT2D eigenvalue weighted by molar-refractivity contribution is -0.155. The van der Waals surface area contributed by atoms with Crippen LogP contribution in [0.15, 0.2) is 30.8 Å². The van der Waals surface area contributed by atoms with E-state index >= 15 is 0 Å². The largest absolute Gasteiger partial charge is 0.457 e. The lowest BCUT2D eigenvalue weighted by Crippen LogP contribution is -2.33. The van der Waals surface area contributed by atoms with Gasteiger partial charge in [0.25, 0.3) is 0 Å². The Labute approximate surface area is 132 Å². The van der Waals surface area contributed by atoms with Crippen LogP contribution in [0.5, 0.6) is 0 Å². The van der Waals surface area contributed by atoms with Crippen molar-refractivity contribution >= 4 is 11.5 Å². The van der Waals surface area contributed by atoms with Crippen molar-refractivity contribution in [3.63, 3.8) is 0 Å². The van der Waals surface area contributed by atoms with E-state index in [9.17, 15) is 9.90 Å². The Morgan fingerprint density at radius 1 is 1.18 bits per heavy atom. The van der Waals surface area contributed by atoms with Gasteiger partial charge >= 0.3 is 5.97 Å². The topological polar surface area (TPSA) is 46.5 Å². The van der Waals surface area contributed by atoms with Gasteiger partial charge in [-0.25, -0.2) is 0 Å². The summed E-state index contributed by atoms with van der Waals surface area (Å²) < 4.78 is 5.42. The van der Waals surface area contributed by atoms with E-state index in [1.807, 2.05) is 6.07 Å². The number of esters is 1. The van der Waals surface area contributed by atoms with E-state index in [1.54, 1.807) is 0 Å². The number of aliphatic hydroxyl groups excluding tert-OH is 1. The molecule has 1 saturated carbocycles. The molecule has 2 atom stereocenters. The summed E-state index contributed by atoms with van der Waals surface area (Å²) in [5.41, 5.74) is 3.25. The third kappa shape index (κ3) is 3.25. The third-order valence-electron chi connectivity index (χ3n) is 4.90. The number of benzene rings is 1. The molecule has 0 aromatic heterocycles. The Hall–Kier alpha value is -1.61. The van der Waals surface area contributed by atoms with Crippen molar-refractivity contribution in [3.8, 4) is 0 Å². The van der Waals surface area contributed by atoms with Crippen LogP contribution in [0.1, 0.15) is 62.0 Å². The minimum Gasteiger partial charge on any atom is -0.457 e. The number of carbonyl (C=O) groups is 1. The van der Waals surface area contributed by atoms with E-state index in [2.05, 4.69) is 24.8 Å². The Bertz CT molecular complexity index is 558. The highest BCUT2D eigenvalue weighted by Crippen LogP contribution is 2.38. The molecule has 3 rings (SSSR count). The summed E-state index contributed by atoms with van der Waals surface area (Å²) in [5.74, 6) is 0.242. The summed E-state index contributed by atoms with van der Waals surface area (Å²) >= 11 is 0. The van der Waals surface area contributed by atoms with Crippen LogP contribution in [-0.2, 0) is 9.53 Å². The predicted molar refractivity (Wildman–Crippen MR) is 86.4 cm³/mol. The summed E-state index contributed by atoms with van der Waals surface area (Å²) in [4.78, 5) is 11.6. The van der Waals surface area contributed by atoms with Crippen LogP contribution < -0.4 is 0 Å². The van der Waals surface area contributed by atoms with E-state index in [0.717, 1.165) is 11.1 Å². The van der Waals surface area contributed by atoms with Crippen molar-refractivity contribution in [2.75, 3.05) is 0 Å². The van der Waals surface area contributed by atoms with Crippen molar-refractivity contribution in [1.29, 1.82) is 0 Å². The first-order valence-corrected chi connectivity index (χ1v) is 8.31. The number of aliphatic hydroxyl groups is 1. The first kappa shape index (κ1) is 15.3. The molecule has 0 bridgehead atoms. The fourth-order valence-electron chi connectivity index (χ4n) is 3.72. The maximum atomic E-state index is 11.6. The lowest BCUT2D eigenvalue weighted by atomic mass is 9.80. The second-order valence-electron chi connectivity index (χ2n) is 6.52. The number of rotatable bonds is 3. The Morgan fingerprint density at radius 2 is 1.91 bits per heavy atom. The highest BCUT2D eigenvalue weighted by molar-refractivity contribution is 5.77. The monoisotopic (exact) mass is 300 g/mol. The first-order valence-electron chi connectivity index (χ1n) is 8.31. The van der Waals surface area contributed by atoms with Crippen LogP contribution in [0.4, 0.5) is 0 Å². The van der Waals surface area contributed by atoms with E-state index in [0.29, 0.717) is 12.3 Å². The molecule has 1 N–H and O–H groups in total. The quantitative estimate of drug-likeness (QED) is 0.863. The highest BCUT2D eigenvalue weighted by atomic mass is 16.5. The van der Waals surface area contributed by atoms with Gasteiger partial charge < -0.3 is 9.84 Å². The molecule has 1 aliphatic carbocycles. The zero-order valence-corrected chi connectivity index (χ0v) is 13.0. The maximum Gasteiger partial charge on any atom is 0.309 e. The second kappa shape index (κ2) is 6.66. The Balaban J connectivity index is 1.84. The van der Waals surface area contributed by atoms with Crippen molar-refractivity contribution in [3.05, 3.63) is 42.0 Å². The standard InChI is InChI=1S/C19H24O3/c1-13(18-11-15(20)12-19(21)22-18)16-9-5-6-10-17(16)14-7-3-2-4-8-14/h5-6,9-10,14-15,18,20H,1-4,7-8,11-12H2. The van der Waals surface area contributed by atoms with Crippen molar-refractivity contribution < 1.29 is 14.6 Å². The molecular weight excluding hydrogens is 276 g/mol. The fourth-order valence-corrected chi connectivity index (χ4v) is 3.72. The van der Waals surface area contributed by atoms with Gasteiger partial charge in [0.05, 0.1) is 12.5 Å². The van der Waals surface area contributed by atoms with E-state index < -0.39 is 12.2 Å². The van der Waals surface area contributed by atoms with Crippen LogP contribution in [0, 0.1) is 0 Å². The molecule has 1 heterocycles. The molecular formula is C19H24O3. The van der Waals surface area contributed by atoms with E-state index in [-0.39, 0.29) is 12.4 Å². The molecule has 0 spiro atoms. The van der Waals surface area contributed by atoms with Gasteiger partial charge in [0, 0.05) is 6.42 Å². The van der Waals surface area contributed by atoms with Crippen molar-refractivity contribution in [1.82, 2.24) is 0 Å². The SMILES string of the molecule is C=C(c1ccccc1C1CCCCC1)C1CC(O)CC(=O)O1. The van der Waals surface area contributed by atoms with Gasteiger partial charge in [-0.1, -0.05) is 50.1 Å². The lowest BCUT2D eigenvalue weighted by Gasteiger charge is -2.30. The van der Waals surface area contributed by atoms with Gasteiger partial charge in [-0.2, -0.15) is 0 Å². The Kier molecular flexibility index (Phi) is 4.63. The maximum absolute atomic E-state index is 11.6. The minimum absolute atomic E-state index is 0.0913. The van der Waals surface area contributed by atoms with Gasteiger partial charge in [0.1, 0.15) is 6.10 Å². The number of hydrogen-bond donors (Lipinski definition) is 1. The van der Waals surface area contributed by atoms with Crippen LogP contribution in [0.3, 0.4) is 0 Å². The van der Waals surface area contributed by atoms with Gasteiger partial charge in [-0.3, -0.25) is 4.79 Å². The van der Waals surface area contributed by atoms with Crippen LogP contribution >= 0.6 is 0 Å². The van der Waals surface area contributed by atoms with Crippen molar-refractivity contribution in [2.24, 2.45) is 0 Å². The summed E-state index contributed by atoms with van der Waals surface area (Å²) in [6.07, 6.45) is 5.84. The third-order valence-corrected chi connectivity index (χ3v) is 4.90. The normalized spacial score (nSPS) is 26.5. The molecule has 1 saturated heterocycles. The van der Waals surface area contributed by atoms with E-state index in [1.165, 1.54) is 37.7 Å². The zero-order chi connectivity index (χ0) is 15.5. The molecule has 3 nitrogen and oxygen atoms in total. The summed E-state index contributed by atoms with van der Waals surface area (Å²) in [6.45, 7) is 4.18. The fraction of sp³-hybridized carbons (Fsp3) is 0.526. The summed E-state index contributed by atoms with van der Waals surface area (Å²) in [5, 5.41) is 9.82. The molecule has 2 unspecified atom stereocenters. The van der Waals surface area contributed by atoms with Gasteiger partial charge in [-0.05, 0) is 35.5 Å². The van der Waals surface area contributed by atoms with Crippen LogP contribution in [-0.4, -0.2) is 23.3 Å². The van der Waals surface area contributed by atoms with Crippen LogP contribution in [0.2, 0.25) is 0 Å². The summed E-state index contributed by atoms with van der Waals surface area (Å²) in [7, 11) is 0. The number of ether oxygens (including phenoxy) is 1. The van der Waals surface area contributed by atoms with Gasteiger partial charge in [0.2, 0.25) is 0 Å². The predicted octanol–water partition coefficient (Wildman–Crippen LogP) is 3.81. The number of carbonyl (C=O) groups excluding carboxylic acids is 1. The smallest absolute Gasteiger partial charge is 0.309 e. The average Bonchev–Trinajstić information content (AvgIpc) is 2.54. The van der Waals surface area contributed by atoms with Crippen LogP contribution in [0.25, 0.3) is 5.57 Å². The number of hydrogen-bond acceptors (Lipinski definition) is 3. The average molecular weight is 300 g/mol. The molecule has 118 valence electrons. The van der Waals surface area contributed by atoms with Gasteiger partial charge in [-0.15, -0.1) is 0 Å². The molecule has 2 aliphatic rings. The molecule has 1 aromatic carbocycles. The number of cyclic esters (lactones) is 1. The summed E-state index contributed by atoms with van der Waals surface area (Å²) in [6, 6.07) is 8.33. The zero-order valence-electron chi connectivity index (χ0n) is 13.0. The molecule has 1 aromatic rings. The molecule has 22 heavy (non-hydrogen) atoms. The van der Waals surface area contributed by atoms with E-state index in [4.69, 9.17) is 4.74 Å². The highest BCUT2D eigenvalue weighted by Gasteiger charge is 2.31. The van der Waals surface area contributed by atoms with Crippen molar-refractivity contribution in [2.45, 2.75) is 63.1 Å². The second-order valence-corrected chi connectivity index (χ2v) is 6.52.